The van der Waals surface area contributed by atoms with Crippen LogP contribution in [0.15, 0.2) is 12.3 Å². The fourth-order valence-corrected chi connectivity index (χ4v) is 12.3. The maximum absolute atomic E-state index is 13.3. The van der Waals surface area contributed by atoms with E-state index in [1.807, 2.05) is 0 Å². The average Bonchev–Trinajstić information content (AvgIpc) is 3.39. The molecule has 0 N–H and O–H groups in total. The molecule has 3 aliphatic rings. The molecule has 0 aromatic heterocycles. The summed E-state index contributed by atoms with van der Waals surface area (Å²) in [6, 6.07) is -0.450. The second-order valence-corrected chi connectivity index (χ2v) is 23.0. The molecule has 30 heteroatoms. The molecule has 0 bridgehead atoms. The molecule has 85 heavy (non-hydrogen) atoms. The predicted molar refractivity (Wildman–Crippen MR) is 286 cm³/mol. The lowest BCUT2D eigenvalue weighted by molar-refractivity contribution is -0.329. The van der Waals surface area contributed by atoms with Gasteiger partial charge in [0, 0.05) is 82.2 Å². The third-order valence-corrected chi connectivity index (χ3v) is 15.4. The van der Waals surface area contributed by atoms with Crippen molar-refractivity contribution in [1.82, 2.24) is 0 Å². The minimum absolute atomic E-state index is 0.0508. The van der Waals surface area contributed by atoms with Gasteiger partial charge in [-0.25, -0.2) is 0 Å². The van der Waals surface area contributed by atoms with Gasteiger partial charge in [0.2, 0.25) is 0 Å². The average molecular weight is 1240 g/mol. The predicted octanol–water partition coefficient (Wildman–Crippen LogP) is 4.13. The molecule has 482 valence electrons. The van der Waals surface area contributed by atoms with E-state index in [2.05, 4.69) is 13.5 Å². The molecule has 0 amide bonds. The van der Waals surface area contributed by atoms with Crippen molar-refractivity contribution < 1.29 is 137 Å². The molecule has 0 aliphatic carbocycles. The zero-order chi connectivity index (χ0) is 63.7. The standard InChI is InChI=1S/C55H84O29Si/c1-15-16-17-18-19-20-21-22-23-24-25-85(82-53-50(76-38(12)64)47(73-35(9)61)44(70-32(6)58)41(79-53)26-67-29(2)3,83-54-51(77-39(13)65)48(74-36(10)62)45(71-33(7)59)42(80-54)27-68-30(4)56)84-55-52(78-40(14)66)49(75-37(11)63)46(72-34(8)60)43(81-55)28-69-31(5)57/h41-55H,2,15-28H2,1,3-14H3/t41-,42-,43-,44-,45-,46-,47+,48+,49+,50-,51-,52-,53+,54+,55+/m1/s1. The molecule has 3 heterocycles. The monoisotopic (exact) mass is 1240 g/mol. The molecule has 0 aromatic rings. The van der Waals surface area contributed by atoms with Crippen molar-refractivity contribution in [3.8, 4) is 0 Å². The quantitative estimate of drug-likeness (QED) is 0.0293. The van der Waals surface area contributed by atoms with Crippen LogP contribution in [0.25, 0.3) is 0 Å². The van der Waals surface area contributed by atoms with Gasteiger partial charge in [-0.3, -0.25) is 52.7 Å². The molecule has 3 rings (SSSR count). The summed E-state index contributed by atoms with van der Waals surface area (Å²) in [4.78, 5) is 142. The molecule has 0 radical (unpaired) electrons. The highest BCUT2D eigenvalue weighted by Gasteiger charge is 2.63. The van der Waals surface area contributed by atoms with Crippen molar-refractivity contribution in [3.63, 3.8) is 0 Å². The SMILES string of the molecule is C=C(C)OC[C@H]1O[C@@H](O[Si](CCCCCCCCCCCC)(O[C@@H]2O[C@H](COC(C)=O)[C@@H](OC(C)=O)[C@H](OC(C)=O)[C@H]2OC(C)=O)O[C@@H]2O[C@H](COC(C)=O)[C@@H](OC(C)=O)[C@H](OC(C)=O)[C@H]2OC(C)=O)[C@H](OC(C)=O)[C@@H](OC(C)=O)[C@@H]1OC(C)=O. The molecule has 0 saturated carbocycles. The molecule has 0 aromatic carbocycles. The Labute approximate surface area is 494 Å². The van der Waals surface area contributed by atoms with E-state index in [4.69, 9.17) is 84.3 Å². The second-order valence-electron chi connectivity index (χ2n) is 20.4. The Morgan fingerprint density at radius 1 is 0.318 bits per heavy atom. The molecule has 15 atom stereocenters. The van der Waals surface area contributed by atoms with Crippen LogP contribution in [0.1, 0.15) is 154 Å². The fraction of sp³-hybridized carbons (Fsp3) is 0.764. The zero-order valence-electron chi connectivity index (χ0n) is 50.6. The Morgan fingerprint density at radius 2 is 0.553 bits per heavy atom. The van der Waals surface area contributed by atoms with E-state index in [0.29, 0.717) is 12.8 Å². The summed E-state index contributed by atoms with van der Waals surface area (Å²) in [6.07, 6.45) is -20.1. The van der Waals surface area contributed by atoms with E-state index in [0.717, 1.165) is 121 Å². The van der Waals surface area contributed by atoms with Gasteiger partial charge in [0.05, 0.1) is 5.76 Å². The van der Waals surface area contributed by atoms with E-state index in [-0.39, 0.29) is 12.2 Å². The van der Waals surface area contributed by atoms with E-state index < -0.39 is 192 Å². The molecular weight excluding hydrogens is 1150 g/mol. The van der Waals surface area contributed by atoms with Crippen LogP contribution in [-0.4, -0.2) is 186 Å². The van der Waals surface area contributed by atoms with Crippen LogP contribution in [-0.2, 0) is 137 Å². The van der Waals surface area contributed by atoms with Crippen LogP contribution in [0, 0.1) is 0 Å². The summed E-state index contributed by atoms with van der Waals surface area (Å²) < 4.78 is 109. The summed E-state index contributed by atoms with van der Waals surface area (Å²) in [7, 11) is -5.49. The van der Waals surface area contributed by atoms with Crippen LogP contribution < -0.4 is 0 Å². The lowest BCUT2D eigenvalue weighted by atomic mass is 9.98. The van der Waals surface area contributed by atoms with Gasteiger partial charge in [0.25, 0.3) is 0 Å². The lowest BCUT2D eigenvalue weighted by Gasteiger charge is -2.50. The van der Waals surface area contributed by atoms with Gasteiger partial charge in [0.15, 0.2) is 73.8 Å². The Bertz CT molecular complexity index is 2070. The van der Waals surface area contributed by atoms with E-state index >= 15 is 0 Å². The van der Waals surface area contributed by atoms with Crippen molar-refractivity contribution in [2.75, 3.05) is 19.8 Å². The largest absolute Gasteiger partial charge is 0.507 e. The van der Waals surface area contributed by atoms with Crippen LogP contribution in [0.2, 0.25) is 6.04 Å². The summed E-state index contributed by atoms with van der Waals surface area (Å²) in [6.45, 7) is 16.4. The zero-order valence-corrected chi connectivity index (χ0v) is 51.6. The van der Waals surface area contributed by atoms with Crippen molar-refractivity contribution in [2.45, 2.75) is 252 Å². The molecule has 3 aliphatic heterocycles. The van der Waals surface area contributed by atoms with Crippen molar-refractivity contribution >= 4 is 74.5 Å². The van der Waals surface area contributed by atoms with Gasteiger partial charge >= 0.3 is 74.5 Å². The first-order valence-corrected chi connectivity index (χ1v) is 30.0. The first kappa shape index (κ1) is 72.9. The highest BCUT2D eigenvalue weighted by Crippen LogP contribution is 2.40. The summed E-state index contributed by atoms with van der Waals surface area (Å²) in [5.41, 5.74) is 0. The molecule has 3 fully saturated rings. The summed E-state index contributed by atoms with van der Waals surface area (Å²) in [5.74, 6) is -10.7. The van der Waals surface area contributed by atoms with Gasteiger partial charge in [-0.05, 0) is 13.3 Å². The first-order valence-electron chi connectivity index (χ1n) is 28.1. The third-order valence-electron chi connectivity index (χ3n) is 12.6. The van der Waals surface area contributed by atoms with Crippen molar-refractivity contribution in [2.24, 2.45) is 0 Å². The number of ether oxygens (including phenoxy) is 15. The summed E-state index contributed by atoms with van der Waals surface area (Å²) in [5, 5.41) is 0. The number of unbranched alkanes of at least 4 members (excludes halogenated alkanes) is 9. The highest BCUT2D eigenvalue weighted by atomic mass is 28.4. The number of allylic oxidation sites excluding steroid dienone is 1. The van der Waals surface area contributed by atoms with Crippen LogP contribution in [0.3, 0.4) is 0 Å². The molecule has 29 nitrogen and oxygen atoms in total. The number of rotatable bonds is 33. The van der Waals surface area contributed by atoms with Gasteiger partial charge < -0.3 is 84.3 Å². The Balaban J connectivity index is 2.63. The maximum Gasteiger partial charge on any atom is 0.507 e. The Kier molecular flexibility index (Phi) is 30.9. The third kappa shape index (κ3) is 25.3. The van der Waals surface area contributed by atoms with Crippen LogP contribution in [0.5, 0.6) is 0 Å². The number of carbonyl (C=O) groups excluding carboxylic acids is 11. The van der Waals surface area contributed by atoms with Gasteiger partial charge in [0.1, 0.15) is 38.1 Å². The lowest BCUT2D eigenvalue weighted by Crippen LogP contribution is -2.70. The van der Waals surface area contributed by atoms with Gasteiger partial charge in [-0.1, -0.05) is 71.3 Å². The van der Waals surface area contributed by atoms with Gasteiger partial charge in [-0.2, -0.15) is 0 Å². The van der Waals surface area contributed by atoms with Crippen molar-refractivity contribution in [1.29, 1.82) is 0 Å². The molecular formula is C55H84O29Si. The number of esters is 11. The van der Waals surface area contributed by atoms with E-state index in [1.54, 1.807) is 0 Å². The Hall–Kier alpha value is -6.31. The second kappa shape index (κ2) is 36.0. The fourth-order valence-electron chi connectivity index (χ4n) is 9.50. The summed E-state index contributed by atoms with van der Waals surface area (Å²) >= 11 is 0. The maximum atomic E-state index is 13.3. The van der Waals surface area contributed by atoms with Gasteiger partial charge in [-0.15, -0.1) is 0 Å². The van der Waals surface area contributed by atoms with Crippen LogP contribution in [0.4, 0.5) is 0 Å². The first-order chi connectivity index (χ1) is 39.9. The number of carbonyl (C=O) groups is 11. The molecule has 0 spiro atoms. The normalized spacial score (nSPS) is 27.3. The number of hydrogen-bond acceptors (Lipinski definition) is 29. The van der Waals surface area contributed by atoms with Crippen LogP contribution >= 0.6 is 0 Å². The smallest absolute Gasteiger partial charge is 0.496 e. The number of hydrogen-bond donors (Lipinski definition) is 0. The Morgan fingerprint density at radius 3 is 0.800 bits per heavy atom. The molecule has 3 saturated heterocycles. The topological polar surface area (TPSA) is 354 Å². The van der Waals surface area contributed by atoms with Crippen molar-refractivity contribution in [3.05, 3.63) is 12.3 Å². The van der Waals surface area contributed by atoms with E-state index in [9.17, 15) is 52.7 Å². The minimum Gasteiger partial charge on any atom is -0.496 e. The minimum atomic E-state index is -5.49. The van der Waals surface area contributed by atoms with E-state index in [1.165, 1.54) is 6.92 Å². The highest BCUT2D eigenvalue weighted by molar-refractivity contribution is 6.60. The molecule has 0 unspecified atom stereocenters.